The summed E-state index contributed by atoms with van der Waals surface area (Å²) in [5.74, 6) is 2.66. The minimum atomic E-state index is -0.0864. The molecule has 0 aliphatic carbocycles. The summed E-state index contributed by atoms with van der Waals surface area (Å²) in [6.07, 6.45) is 0. The predicted octanol–water partition coefficient (Wildman–Crippen LogP) is 4.82. The van der Waals surface area contributed by atoms with E-state index in [0.717, 1.165) is 17.0 Å². The first-order valence-corrected chi connectivity index (χ1v) is 10.0. The van der Waals surface area contributed by atoms with Crippen LogP contribution >= 0.6 is 11.8 Å². The van der Waals surface area contributed by atoms with Gasteiger partial charge in [-0.2, -0.15) is 0 Å². The van der Waals surface area contributed by atoms with Crippen LogP contribution in [0.15, 0.2) is 76.3 Å². The molecule has 4 aromatic rings. The number of Topliss-reactive ketones (excluding diaryl/α,β-unsaturated/α-hetero) is 1. The Hall–Kier alpha value is -3.32. The molecule has 0 saturated carbocycles. The van der Waals surface area contributed by atoms with E-state index in [9.17, 15) is 4.79 Å². The van der Waals surface area contributed by atoms with Crippen molar-refractivity contribution >= 4 is 17.5 Å². The van der Waals surface area contributed by atoms with Crippen molar-refractivity contribution in [1.29, 1.82) is 0 Å². The molecule has 6 nitrogen and oxygen atoms in total. The lowest BCUT2D eigenvalue weighted by atomic mass is 10.2. The Morgan fingerprint density at radius 3 is 2.45 bits per heavy atom. The molecular formula is C22H19N3O3S. The van der Waals surface area contributed by atoms with Crippen LogP contribution in [0.5, 0.6) is 5.75 Å². The fraction of sp³-hybridized carbons (Fsp3) is 0.136. The molecule has 0 aliphatic rings. The highest BCUT2D eigenvalue weighted by molar-refractivity contribution is 7.99. The van der Waals surface area contributed by atoms with Gasteiger partial charge in [-0.05, 0) is 55.5 Å². The molecule has 0 N–H and O–H groups in total. The average molecular weight is 405 g/mol. The third-order valence-electron chi connectivity index (χ3n) is 4.34. The van der Waals surface area contributed by atoms with Gasteiger partial charge in [0, 0.05) is 11.3 Å². The first-order valence-electron chi connectivity index (χ1n) is 9.03. The second-order valence-corrected chi connectivity index (χ2v) is 7.27. The highest BCUT2D eigenvalue weighted by atomic mass is 32.2. The molecule has 0 radical (unpaired) electrons. The molecule has 2 heterocycles. The second-order valence-electron chi connectivity index (χ2n) is 6.33. The number of hydrogen-bond donors (Lipinski definition) is 0. The van der Waals surface area contributed by atoms with Crippen molar-refractivity contribution < 1.29 is 13.9 Å². The lowest BCUT2D eigenvalue weighted by Gasteiger charge is -2.10. The maximum atomic E-state index is 12.4. The molecule has 0 amide bonds. The highest BCUT2D eigenvalue weighted by Crippen LogP contribution is 2.29. The van der Waals surface area contributed by atoms with Crippen LogP contribution in [0.3, 0.4) is 0 Å². The van der Waals surface area contributed by atoms with Gasteiger partial charge in [-0.15, -0.1) is 10.2 Å². The smallest absolute Gasteiger partial charge is 0.208 e. The highest BCUT2D eigenvalue weighted by Gasteiger charge is 2.18. The molecule has 4 rings (SSSR count). The maximum Gasteiger partial charge on any atom is 0.208 e. The van der Waals surface area contributed by atoms with Gasteiger partial charge in [0.1, 0.15) is 11.5 Å². The van der Waals surface area contributed by atoms with E-state index in [2.05, 4.69) is 10.2 Å². The van der Waals surface area contributed by atoms with Crippen molar-refractivity contribution in [1.82, 2.24) is 14.8 Å². The second kappa shape index (κ2) is 8.36. The molecule has 0 spiro atoms. The average Bonchev–Trinajstić information content (AvgIpc) is 3.39. The summed E-state index contributed by atoms with van der Waals surface area (Å²) in [7, 11) is 1.63. The molecule has 29 heavy (non-hydrogen) atoms. The Bertz CT molecular complexity index is 1120. The van der Waals surface area contributed by atoms with E-state index < -0.39 is 0 Å². The van der Waals surface area contributed by atoms with E-state index in [1.807, 2.05) is 66.1 Å². The number of furan rings is 1. The summed E-state index contributed by atoms with van der Waals surface area (Å²) in [6, 6.07) is 21.0. The third-order valence-corrected chi connectivity index (χ3v) is 5.27. The van der Waals surface area contributed by atoms with E-state index in [0.29, 0.717) is 22.5 Å². The van der Waals surface area contributed by atoms with Gasteiger partial charge < -0.3 is 9.15 Å². The Morgan fingerprint density at radius 2 is 1.79 bits per heavy atom. The number of thioether (sulfide) groups is 1. The van der Waals surface area contributed by atoms with E-state index in [1.165, 1.54) is 11.8 Å². The number of hydrogen-bond acceptors (Lipinski definition) is 6. The zero-order valence-corrected chi connectivity index (χ0v) is 16.8. The van der Waals surface area contributed by atoms with Crippen molar-refractivity contribution in [2.24, 2.45) is 0 Å². The van der Waals surface area contributed by atoms with Crippen LogP contribution in [0.4, 0.5) is 0 Å². The standard InChI is InChI=1S/C22H19N3O3S/c1-15-8-13-20(28-15)19(26)14-29-22-24-23-21(16-9-11-18(27-2)12-10-16)25(22)17-6-4-3-5-7-17/h3-13H,14H2,1-2H3. The molecule has 0 saturated heterocycles. The quantitative estimate of drug-likeness (QED) is 0.324. The lowest BCUT2D eigenvalue weighted by molar-refractivity contribution is 0.0991. The van der Waals surface area contributed by atoms with E-state index in [1.54, 1.807) is 19.2 Å². The van der Waals surface area contributed by atoms with Crippen molar-refractivity contribution in [3.8, 4) is 22.8 Å². The Morgan fingerprint density at radius 1 is 1.03 bits per heavy atom. The van der Waals surface area contributed by atoms with E-state index in [-0.39, 0.29) is 11.5 Å². The topological polar surface area (TPSA) is 70.2 Å². The first-order chi connectivity index (χ1) is 14.2. The number of carbonyl (C=O) groups is 1. The van der Waals surface area contributed by atoms with Gasteiger partial charge in [0.2, 0.25) is 5.78 Å². The fourth-order valence-electron chi connectivity index (χ4n) is 2.89. The minimum absolute atomic E-state index is 0.0864. The van der Waals surface area contributed by atoms with Crippen molar-refractivity contribution in [2.45, 2.75) is 12.1 Å². The number of para-hydroxylation sites is 1. The van der Waals surface area contributed by atoms with E-state index in [4.69, 9.17) is 9.15 Å². The first kappa shape index (κ1) is 19.0. The summed E-state index contributed by atoms with van der Waals surface area (Å²) >= 11 is 1.33. The Kier molecular flexibility index (Phi) is 5.48. The Labute approximate surface area is 172 Å². The SMILES string of the molecule is COc1ccc(-c2nnc(SCC(=O)c3ccc(C)o3)n2-c2ccccc2)cc1. The number of aryl methyl sites for hydroxylation is 1. The van der Waals surface area contributed by atoms with Gasteiger partial charge in [-0.1, -0.05) is 30.0 Å². The van der Waals surface area contributed by atoms with Gasteiger partial charge in [-0.25, -0.2) is 0 Å². The zero-order chi connectivity index (χ0) is 20.2. The van der Waals surface area contributed by atoms with Crippen LogP contribution in [-0.2, 0) is 0 Å². The van der Waals surface area contributed by atoms with Crippen LogP contribution in [-0.4, -0.2) is 33.4 Å². The molecule has 0 bridgehead atoms. The number of carbonyl (C=O) groups excluding carboxylic acids is 1. The summed E-state index contributed by atoms with van der Waals surface area (Å²) in [4.78, 5) is 12.4. The number of methoxy groups -OCH3 is 1. The molecule has 0 aliphatic heterocycles. The molecule has 146 valence electrons. The number of ether oxygens (including phenoxy) is 1. The van der Waals surface area contributed by atoms with Crippen LogP contribution in [0.2, 0.25) is 0 Å². The van der Waals surface area contributed by atoms with Crippen LogP contribution in [0.25, 0.3) is 17.1 Å². The summed E-state index contributed by atoms with van der Waals surface area (Å²) in [5.41, 5.74) is 1.83. The van der Waals surface area contributed by atoms with Gasteiger partial charge in [-0.3, -0.25) is 9.36 Å². The van der Waals surface area contributed by atoms with Crippen molar-refractivity contribution in [3.63, 3.8) is 0 Å². The normalized spacial score (nSPS) is 10.8. The predicted molar refractivity (Wildman–Crippen MR) is 112 cm³/mol. The summed E-state index contributed by atoms with van der Waals surface area (Å²) in [5, 5.41) is 9.37. The maximum absolute atomic E-state index is 12.4. The molecule has 0 unspecified atom stereocenters. The summed E-state index contributed by atoms with van der Waals surface area (Å²) in [6.45, 7) is 1.82. The molecule has 2 aromatic heterocycles. The van der Waals surface area contributed by atoms with Gasteiger partial charge in [0.15, 0.2) is 16.7 Å². The third kappa shape index (κ3) is 4.09. The molecule has 0 atom stereocenters. The van der Waals surface area contributed by atoms with Gasteiger partial charge >= 0.3 is 0 Å². The number of nitrogens with zero attached hydrogens (tertiary/aromatic N) is 3. The molecule has 2 aromatic carbocycles. The monoisotopic (exact) mass is 405 g/mol. The van der Waals surface area contributed by atoms with Crippen LogP contribution in [0, 0.1) is 6.92 Å². The molecule has 7 heteroatoms. The zero-order valence-electron chi connectivity index (χ0n) is 16.0. The van der Waals surface area contributed by atoms with Crippen molar-refractivity contribution in [3.05, 3.63) is 78.3 Å². The van der Waals surface area contributed by atoms with Gasteiger partial charge in [0.05, 0.1) is 12.9 Å². The lowest BCUT2D eigenvalue weighted by Crippen LogP contribution is -2.04. The number of aromatic nitrogens is 3. The largest absolute Gasteiger partial charge is 0.497 e. The summed E-state index contributed by atoms with van der Waals surface area (Å²) < 4.78 is 12.6. The number of benzene rings is 2. The van der Waals surface area contributed by atoms with Gasteiger partial charge in [0.25, 0.3) is 0 Å². The minimum Gasteiger partial charge on any atom is -0.497 e. The van der Waals surface area contributed by atoms with Crippen LogP contribution in [0.1, 0.15) is 16.3 Å². The van der Waals surface area contributed by atoms with E-state index >= 15 is 0 Å². The van der Waals surface area contributed by atoms with Crippen LogP contribution < -0.4 is 4.74 Å². The molecule has 0 fully saturated rings. The van der Waals surface area contributed by atoms with Crippen molar-refractivity contribution in [2.75, 3.05) is 12.9 Å². The number of ketones is 1. The Balaban J connectivity index is 1.66. The number of rotatable bonds is 7. The fourth-order valence-corrected chi connectivity index (χ4v) is 3.71. The molecular weight excluding hydrogens is 386 g/mol.